The second-order valence-corrected chi connectivity index (χ2v) is 5.89. The molecule has 0 fully saturated rings. The van der Waals surface area contributed by atoms with Crippen molar-refractivity contribution in [3.8, 4) is 0 Å². The molecule has 2 rings (SSSR count). The van der Waals surface area contributed by atoms with Crippen molar-refractivity contribution in [3.05, 3.63) is 58.1 Å². The average molecular weight is 347 g/mol. The number of benzene rings is 2. The second kappa shape index (κ2) is 6.76. The van der Waals surface area contributed by atoms with Gasteiger partial charge in [-0.25, -0.2) is 0 Å². The molecule has 0 spiro atoms. The predicted octanol–water partition coefficient (Wildman–Crippen LogP) is 4.40. The third kappa shape index (κ3) is 3.45. The molecular weight excluding hydrogens is 328 g/mol. The lowest BCUT2D eigenvalue weighted by atomic mass is 10.1. The van der Waals surface area contributed by atoms with Gasteiger partial charge >= 0.3 is 0 Å². The van der Waals surface area contributed by atoms with E-state index in [4.69, 9.17) is 5.73 Å². The Labute approximate surface area is 133 Å². The Morgan fingerprint density at radius 3 is 2.62 bits per heavy atom. The standard InChI is InChI=1S/C17H19BrN2O/c1-3-10-20(16-7-5-4-6-15(16)19)17(21)14-11-13(18)9-8-12(14)2/h4-9,11H,3,10,19H2,1-2H3. The SMILES string of the molecule is CCCN(C(=O)c1cc(Br)ccc1C)c1ccccc1N. The molecule has 0 saturated heterocycles. The van der Waals surface area contributed by atoms with Crippen molar-refractivity contribution in [2.75, 3.05) is 17.2 Å². The number of nitrogens with two attached hydrogens (primary N) is 1. The van der Waals surface area contributed by atoms with Gasteiger partial charge < -0.3 is 10.6 Å². The smallest absolute Gasteiger partial charge is 0.258 e. The van der Waals surface area contributed by atoms with Crippen molar-refractivity contribution in [3.63, 3.8) is 0 Å². The summed E-state index contributed by atoms with van der Waals surface area (Å²) in [5.41, 5.74) is 9.07. The quantitative estimate of drug-likeness (QED) is 0.834. The first-order valence-corrected chi connectivity index (χ1v) is 7.76. The van der Waals surface area contributed by atoms with Crippen molar-refractivity contribution in [2.24, 2.45) is 0 Å². The summed E-state index contributed by atoms with van der Waals surface area (Å²) in [5.74, 6) is -0.0199. The highest BCUT2D eigenvalue weighted by Crippen LogP contribution is 2.26. The van der Waals surface area contributed by atoms with E-state index in [0.29, 0.717) is 17.8 Å². The zero-order valence-electron chi connectivity index (χ0n) is 12.3. The van der Waals surface area contributed by atoms with Crippen molar-refractivity contribution in [2.45, 2.75) is 20.3 Å². The Morgan fingerprint density at radius 2 is 1.95 bits per heavy atom. The van der Waals surface area contributed by atoms with E-state index >= 15 is 0 Å². The van der Waals surface area contributed by atoms with E-state index in [1.165, 1.54) is 0 Å². The topological polar surface area (TPSA) is 46.3 Å². The highest BCUT2D eigenvalue weighted by atomic mass is 79.9. The summed E-state index contributed by atoms with van der Waals surface area (Å²) in [6.45, 7) is 4.63. The molecule has 1 amide bonds. The number of anilines is 2. The van der Waals surface area contributed by atoms with Crippen molar-refractivity contribution >= 4 is 33.2 Å². The van der Waals surface area contributed by atoms with E-state index in [2.05, 4.69) is 15.9 Å². The minimum atomic E-state index is -0.0199. The van der Waals surface area contributed by atoms with Gasteiger partial charge in [0.05, 0.1) is 11.4 Å². The molecule has 0 aliphatic carbocycles. The summed E-state index contributed by atoms with van der Waals surface area (Å²) >= 11 is 3.43. The van der Waals surface area contributed by atoms with E-state index in [1.54, 1.807) is 4.90 Å². The van der Waals surface area contributed by atoms with Crippen LogP contribution in [0, 0.1) is 6.92 Å². The Kier molecular flexibility index (Phi) is 5.02. The lowest BCUT2D eigenvalue weighted by Crippen LogP contribution is -2.32. The molecule has 0 atom stereocenters. The summed E-state index contributed by atoms with van der Waals surface area (Å²) in [6, 6.07) is 13.2. The van der Waals surface area contributed by atoms with Crippen LogP contribution in [0.15, 0.2) is 46.9 Å². The molecule has 0 radical (unpaired) electrons. The van der Waals surface area contributed by atoms with Gasteiger partial charge in [-0.3, -0.25) is 4.79 Å². The van der Waals surface area contributed by atoms with Crippen molar-refractivity contribution in [1.29, 1.82) is 0 Å². The van der Waals surface area contributed by atoms with Gasteiger partial charge in [0, 0.05) is 16.6 Å². The summed E-state index contributed by atoms with van der Waals surface area (Å²) in [6.07, 6.45) is 0.868. The molecule has 0 aliphatic heterocycles. The maximum absolute atomic E-state index is 12.9. The number of rotatable bonds is 4. The normalized spacial score (nSPS) is 10.4. The minimum Gasteiger partial charge on any atom is -0.397 e. The molecule has 110 valence electrons. The monoisotopic (exact) mass is 346 g/mol. The van der Waals surface area contributed by atoms with E-state index in [-0.39, 0.29) is 5.91 Å². The van der Waals surface area contributed by atoms with Crippen LogP contribution in [0.5, 0.6) is 0 Å². The summed E-state index contributed by atoms with van der Waals surface area (Å²) < 4.78 is 0.897. The summed E-state index contributed by atoms with van der Waals surface area (Å²) in [4.78, 5) is 14.7. The van der Waals surface area contributed by atoms with Crippen LogP contribution in [-0.4, -0.2) is 12.5 Å². The van der Waals surface area contributed by atoms with Crippen molar-refractivity contribution in [1.82, 2.24) is 0 Å². The molecule has 2 aromatic rings. The third-order valence-electron chi connectivity index (χ3n) is 3.35. The fourth-order valence-corrected chi connectivity index (χ4v) is 2.62. The molecule has 0 aromatic heterocycles. The Hall–Kier alpha value is -1.81. The van der Waals surface area contributed by atoms with Gasteiger partial charge in [-0.05, 0) is 43.2 Å². The number of carbonyl (C=O) groups excluding carboxylic acids is 1. The van der Waals surface area contributed by atoms with Crippen LogP contribution in [0.3, 0.4) is 0 Å². The van der Waals surface area contributed by atoms with E-state index < -0.39 is 0 Å². The molecule has 0 bridgehead atoms. The zero-order chi connectivity index (χ0) is 15.4. The van der Waals surface area contributed by atoms with Gasteiger partial charge in [0.25, 0.3) is 5.91 Å². The van der Waals surface area contributed by atoms with E-state index in [9.17, 15) is 4.79 Å². The van der Waals surface area contributed by atoms with Crippen molar-refractivity contribution < 1.29 is 4.79 Å². The first kappa shape index (κ1) is 15.6. The van der Waals surface area contributed by atoms with Gasteiger partial charge in [0.1, 0.15) is 0 Å². The van der Waals surface area contributed by atoms with Gasteiger partial charge in [0.2, 0.25) is 0 Å². The number of para-hydroxylation sites is 2. The molecule has 21 heavy (non-hydrogen) atoms. The summed E-state index contributed by atoms with van der Waals surface area (Å²) in [7, 11) is 0. The average Bonchev–Trinajstić information content (AvgIpc) is 2.47. The van der Waals surface area contributed by atoms with Crippen LogP contribution in [0.2, 0.25) is 0 Å². The fraction of sp³-hybridized carbons (Fsp3) is 0.235. The van der Waals surface area contributed by atoms with Crippen LogP contribution >= 0.6 is 15.9 Å². The Balaban J connectivity index is 2.45. The molecule has 4 heteroatoms. The third-order valence-corrected chi connectivity index (χ3v) is 3.84. The first-order chi connectivity index (χ1) is 10.0. The fourth-order valence-electron chi connectivity index (χ4n) is 2.26. The number of nitrogens with zero attached hydrogens (tertiary/aromatic N) is 1. The van der Waals surface area contributed by atoms with Gasteiger partial charge in [-0.2, -0.15) is 0 Å². The summed E-state index contributed by atoms with van der Waals surface area (Å²) in [5, 5.41) is 0. The van der Waals surface area contributed by atoms with E-state index in [1.807, 2.05) is 56.3 Å². The van der Waals surface area contributed by atoms with E-state index in [0.717, 1.165) is 22.1 Å². The van der Waals surface area contributed by atoms with Crippen LogP contribution in [0.25, 0.3) is 0 Å². The van der Waals surface area contributed by atoms with Crippen LogP contribution in [0.1, 0.15) is 29.3 Å². The largest absolute Gasteiger partial charge is 0.397 e. The number of nitrogen functional groups attached to an aromatic ring is 1. The molecule has 0 saturated carbocycles. The van der Waals surface area contributed by atoms with Gasteiger partial charge in [-0.15, -0.1) is 0 Å². The lowest BCUT2D eigenvalue weighted by molar-refractivity contribution is 0.0986. The Morgan fingerprint density at radius 1 is 1.24 bits per heavy atom. The highest BCUT2D eigenvalue weighted by Gasteiger charge is 2.20. The first-order valence-electron chi connectivity index (χ1n) is 6.97. The zero-order valence-corrected chi connectivity index (χ0v) is 13.9. The molecule has 2 N–H and O–H groups in total. The number of amides is 1. The maximum Gasteiger partial charge on any atom is 0.258 e. The second-order valence-electron chi connectivity index (χ2n) is 4.97. The van der Waals surface area contributed by atoms with Gasteiger partial charge in [-0.1, -0.05) is 41.1 Å². The van der Waals surface area contributed by atoms with Crippen LogP contribution in [-0.2, 0) is 0 Å². The molecule has 0 heterocycles. The molecule has 2 aromatic carbocycles. The predicted molar refractivity (Wildman–Crippen MR) is 91.7 cm³/mol. The molecular formula is C17H19BrN2O. The minimum absolute atomic E-state index is 0.0199. The lowest BCUT2D eigenvalue weighted by Gasteiger charge is -2.24. The van der Waals surface area contributed by atoms with Gasteiger partial charge in [0.15, 0.2) is 0 Å². The number of carbonyl (C=O) groups is 1. The number of aryl methyl sites for hydroxylation is 1. The number of hydrogen-bond acceptors (Lipinski definition) is 2. The Bertz CT molecular complexity index is 655. The molecule has 0 aliphatic rings. The molecule has 0 unspecified atom stereocenters. The van der Waals surface area contributed by atoms with Crippen LogP contribution in [0.4, 0.5) is 11.4 Å². The number of halogens is 1. The maximum atomic E-state index is 12.9. The number of hydrogen-bond donors (Lipinski definition) is 1. The highest BCUT2D eigenvalue weighted by molar-refractivity contribution is 9.10. The van der Waals surface area contributed by atoms with Crippen LogP contribution < -0.4 is 10.6 Å². The molecule has 3 nitrogen and oxygen atoms in total.